The van der Waals surface area contributed by atoms with Crippen LogP contribution in [-0.4, -0.2) is 31.8 Å². The molecule has 0 aromatic carbocycles. The molecular formula is C10H14F3N3. The van der Waals surface area contributed by atoms with Crippen molar-refractivity contribution in [2.75, 3.05) is 30.9 Å². The van der Waals surface area contributed by atoms with Crippen LogP contribution in [0.5, 0.6) is 0 Å². The topological polar surface area (TPSA) is 28.2 Å². The zero-order valence-corrected chi connectivity index (χ0v) is 9.17. The van der Waals surface area contributed by atoms with Crippen molar-refractivity contribution in [1.82, 2.24) is 4.98 Å². The quantitative estimate of drug-likeness (QED) is 0.866. The van der Waals surface area contributed by atoms with E-state index in [2.05, 4.69) is 10.3 Å². The van der Waals surface area contributed by atoms with Gasteiger partial charge in [-0.15, -0.1) is 0 Å². The largest absolute Gasteiger partial charge is 0.390 e. The Kier molecular flexibility index (Phi) is 3.98. The highest BCUT2D eigenvalue weighted by molar-refractivity contribution is 5.54. The number of hydrogen-bond acceptors (Lipinski definition) is 3. The van der Waals surface area contributed by atoms with Crippen LogP contribution in [0.15, 0.2) is 18.5 Å². The highest BCUT2D eigenvalue weighted by Gasteiger charge is 2.27. The summed E-state index contributed by atoms with van der Waals surface area (Å²) in [7, 11) is 3.35. The normalized spacial score (nSPS) is 11.3. The Morgan fingerprint density at radius 2 is 2.06 bits per heavy atom. The van der Waals surface area contributed by atoms with Gasteiger partial charge >= 0.3 is 6.18 Å². The fraction of sp³-hybridized carbons (Fsp3) is 0.500. The number of anilines is 2. The molecule has 0 aliphatic carbocycles. The van der Waals surface area contributed by atoms with Gasteiger partial charge in [0.1, 0.15) is 0 Å². The Morgan fingerprint density at radius 3 is 2.62 bits per heavy atom. The molecule has 6 heteroatoms. The van der Waals surface area contributed by atoms with Crippen molar-refractivity contribution >= 4 is 11.4 Å². The predicted octanol–water partition coefficient (Wildman–Crippen LogP) is 2.51. The van der Waals surface area contributed by atoms with E-state index >= 15 is 0 Å². The Hall–Kier alpha value is -1.46. The van der Waals surface area contributed by atoms with E-state index in [0.29, 0.717) is 5.69 Å². The van der Waals surface area contributed by atoms with E-state index < -0.39 is 12.6 Å². The van der Waals surface area contributed by atoms with Crippen molar-refractivity contribution in [3.8, 4) is 0 Å². The Labute approximate surface area is 92.3 Å². The van der Waals surface area contributed by atoms with Crippen LogP contribution in [0.4, 0.5) is 24.5 Å². The van der Waals surface area contributed by atoms with Crippen LogP contribution in [0.2, 0.25) is 0 Å². The summed E-state index contributed by atoms with van der Waals surface area (Å²) in [5, 5.41) is 2.88. The van der Waals surface area contributed by atoms with Gasteiger partial charge in [-0.3, -0.25) is 4.98 Å². The summed E-state index contributed by atoms with van der Waals surface area (Å²) in [6.45, 7) is -0.0711. The highest BCUT2D eigenvalue weighted by Crippen LogP contribution is 2.22. The van der Waals surface area contributed by atoms with Gasteiger partial charge in [0.05, 0.1) is 30.2 Å². The van der Waals surface area contributed by atoms with Crippen LogP contribution >= 0.6 is 0 Å². The number of rotatable bonds is 4. The number of nitrogens with zero attached hydrogens (tertiary/aromatic N) is 2. The minimum atomic E-state index is -4.12. The van der Waals surface area contributed by atoms with Gasteiger partial charge < -0.3 is 10.2 Å². The molecule has 0 spiro atoms. The predicted molar refractivity (Wildman–Crippen MR) is 57.7 cm³/mol. The third-order valence-electron chi connectivity index (χ3n) is 2.18. The van der Waals surface area contributed by atoms with Gasteiger partial charge in [-0.25, -0.2) is 0 Å². The fourth-order valence-electron chi connectivity index (χ4n) is 1.20. The number of aromatic nitrogens is 1. The molecule has 1 N–H and O–H groups in total. The summed E-state index contributed by atoms with van der Waals surface area (Å²) in [6, 6.07) is 1.75. The molecule has 0 saturated carbocycles. The van der Waals surface area contributed by atoms with E-state index in [0.717, 1.165) is 5.69 Å². The average Bonchev–Trinajstić information content (AvgIpc) is 2.25. The van der Waals surface area contributed by atoms with Crippen molar-refractivity contribution in [2.24, 2.45) is 0 Å². The number of halogens is 3. The standard InChI is InChI=1S/C10H14F3N3/c1-14-8-5-9(7-15-6-8)16(2)4-3-10(11,12)13/h5-7,14H,3-4H2,1-2H3. The highest BCUT2D eigenvalue weighted by atomic mass is 19.4. The molecular weight excluding hydrogens is 219 g/mol. The van der Waals surface area contributed by atoms with Crippen LogP contribution in [0.3, 0.4) is 0 Å². The van der Waals surface area contributed by atoms with Crippen molar-refractivity contribution in [2.45, 2.75) is 12.6 Å². The van der Waals surface area contributed by atoms with Gasteiger partial charge in [0.15, 0.2) is 0 Å². The first kappa shape index (κ1) is 12.6. The van der Waals surface area contributed by atoms with E-state index in [9.17, 15) is 13.2 Å². The molecule has 16 heavy (non-hydrogen) atoms. The van der Waals surface area contributed by atoms with Crippen molar-refractivity contribution in [3.05, 3.63) is 18.5 Å². The van der Waals surface area contributed by atoms with Gasteiger partial charge in [-0.1, -0.05) is 0 Å². The van der Waals surface area contributed by atoms with E-state index in [1.807, 2.05) is 0 Å². The second-order valence-corrected chi connectivity index (χ2v) is 3.47. The summed E-state index contributed by atoms with van der Waals surface area (Å²) < 4.78 is 36.1. The van der Waals surface area contributed by atoms with Crippen LogP contribution in [0.1, 0.15) is 6.42 Å². The third kappa shape index (κ3) is 3.96. The first-order chi connectivity index (χ1) is 7.42. The zero-order chi connectivity index (χ0) is 12.2. The summed E-state index contributed by atoms with van der Waals surface area (Å²) in [5.41, 5.74) is 1.44. The fourth-order valence-corrected chi connectivity index (χ4v) is 1.20. The number of nitrogens with one attached hydrogen (secondary N) is 1. The third-order valence-corrected chi connectivity index (χ3v) is 2.18. The van der Waals surface area contributed by atoms with Crippen molar-refractivity contribution < 1.29 is 13.2 Å². The molecule has 1 heterocycles. The van der Waals surface area contributed by atoms with E-state index in [1.165, 1.54) is 11.1 Å². The molecule has 0 unspecified atom stereocenters. The van der Waals surface area contributed by atoms with Gasteiger partial charge in [0.2, 0.25) is 0 Å². The summed E-state index contributed by atoms with van der Waals surface area (Å²) in [5.74, 6) is 0. The van der Waals surface area contributed by atoms with E-state index in [-0.39, 0.29) is 6.54 Å². The van der Waals surface area contributed by atoms with Crippen molar-refractivity contribution in [1.29, 1.82) is 0 Å². The lowest BCUT2D eigenvalue weighted by Crippen LogP contribution is -2.24. The molecule has 3 nitrogen and oxygen atoms in total. The molecule has 1 rings (SSSR count). The van der Waals surface area contributed by atoms with Crippen LogP contribution in [0, 0.1) is 0 Å². The van der Waals surface area contributed by atoms with Crippen molar-refractivity contribution in [3.63, 3.8) is 0 Å². The van der Waals surface area contributed by atoms with E-state index in [1.54, 1.807) is 26.4 Å². The molecule has 0 radical (unpaired) electrons. The number of pyridine rings is 1. The second kappa shape index (κ2) is 5.05. The zero-order valence-electron chi connectivity index (χ0n) is 9.17. The maximum Gasteiger partial charge on any atom is 0.390 e. The molecule has 0 bridgehead atoms. The molecule has 0 atom stereocenters. The van der Waals surface area contributed by atoms with Crippen LogP contribution in [0.25, 0.3) is 0 Å². The molecule has 90 valence electrons. The second-order valence-electron chi connectivity index (χ2n) is 3.47. The summed E-state index contributed by atoms with van der Waals surface area (Å²) in [4.78, 5) is 5.46. The lowest BCUT2D eigenvalue weighted by Gasteiger charge is -2.20. The Bertz CT molecular complexity index is 338. The molecule has 0 amide bonds. The molecule has 1 aromatic heterocycles. The molecule has 0 aliphatic heterocycles. The average molecular weight is 233 g/mol. The molecule has 0 fully saturated rings. The maximum absolute atomic E-state index is 12.0. The lowest BCUT2D eigenvalue weighted by molar-refractivity contribution is -0.132. The van der Waals surface area contributed by atoms with Gasteiger partial charge in [0, 0.05) is 20.6 Å². The summed E-state index contributed by atoms with van der Waals surface area (Å²) >= 11 is 0. The van der Waals surface area contributed by atoms with Crippen LogP contribution < -0.4 is 10.2 Å². The molecule has 1 aromatic rings. The summed E-state index contributed by atoms with van der Waals surface area (Å²) in [6.07, 6.45) is -1.80. The van der Waals surface area contributed by atoms with E-state index in [4.69, 9.17) is 0 Å². The minimum absolute atomic E-state index is 0.0711. The minimum Gasteiger partial charge on any atom is -0.387 e. The first-order valence-electron chi connectivity index (χ1n) is 4.83. The number of hydrogen-bond donors (Lipinski definition) is 1. The monoisotopic (exact) mass is 233 g/mol. The maximum atomic E-state index is 12.0. The van der Waals surface area contributed by atoms with Gasteiger partial charge in [-0.2, -0.15) is 13.2 Å². The smallest absolute Gasteiger partial charge is 0.387 e. The molecule has 0 aliphatic rings. The van der Waals surface area contributed by atoms with Gasteiger partial charge in [0.25, 0.3) is 0 Å². The SMILES string of the molecule is CNc1cncc(N(C)CCC(F)(F)F)c1. The van der Waals surface area contributed by atoms with Crippen LogP contribution in [-0.2, 0) is 0 Å². The first-order valence-corrected chi connectivity index (χ1v) is 4.83. The Balaban J connectivity index is 2.62. The van der Waals surface area contributed by atoms with Gasteiger partial charge in [-0.05, 0) is 6.07 Å². The molecule has 0 saturated heterocycles. The Morgan fingerprint density at radius 1 is 1.38 bits per heavy atom. The number of alkyl halides is 3. The lowest BCUT2D eigenvalue weighted by atomic mass is 10.3.